The van der Waals surface area contributed by atoms with E-state index in [9.17, 15) is 51.1 Å². The second-order valence-electron chi connectivity index (χ2n) is 8.26. The Hall–Kier alpha value is -0.600. The Morgan fingerprint density at radius 1 is 0.636 bits per heavy atom. The Kier molecular flexibility index (Phi) is 9.35. The minimum Gasteiger partial charge on any atom is -0.394 e. The van der Waals surface area contributed by atoms with E-state index < -0.39 is 106 Å². The molecule has 0 amide bonds. The molecule has 3 heterocycles. The largest absolute Gasteiger partial charge is 0.394 e. The van der Waals surface area contributed by atoms with Crippen molar-refractivity contribution in [1.82, 2.24) is 0 Å². The summed E-state index contributed by atoms with van der Waals surface area (Å²) in [6, 6.07) is 0. The van der Waals surface area contributed by atoms with E-state index in [2.05, 4.69) is 0 Å². The number of ether oxygens (including phenoxy) is 5. The molecule has 0 unspecified atom stereocenters. The molecule has 3 aliphatic rings. The quantitative estimate of drug-likeness (QED) is 0.160. The van der Waals surface area contributed by atoms with E-state index >= 15 is 0 Å². The first-order valence-electron chi connectivity index (χ1n) is 10.5. The lowest BCUT2D eigenvalue weighted by Gasteiger charge is -2.44. The summed E-state index contributed by atoms with van der Waals surface area (Å²) in [6.07, 6.45) is -21.2. The van der Waals surface area contributed by atoms with Crippen molar-refractivity contribution >= 4 is 0 Å². The fraction of sp³-hybridized carbons (Fsp3) is 1.00. The van der Waals surface area contributed by atoms with Gasteiger partial charge in [0.2, 0.25) is 0 Å². The third-order valence-corrected chi connectivity index (χ3v) is 5.96. The molecule has 33 heavy (non-hydrogen) atoms. The molecule has 3 fully saturated rings. The van der Waals surface area contributed by atoms with Gasteiger partial charge in [0.1, 0.15) is 61.0 Å². The second kappa shape index (κ2) is 11.4. The average Bonchev–Trinajstić information content (AvgIpc) is 2.79. The third kappa shape index (κ3) is 5.80. The lowest BCUT2D eigenvalue weighted by molar-refractivity contribution is -0.348. The van der Waals surface area contributed by atoms with Gasteiger partial charge in [0, 0.05) is 6.42 Å². The molecular formula is C18H32O15. The molecule has 0 bridgehead atoms. The Balaban J connectivity index is 1.62. The molecule has 15 nitrogen and oxygen atoms in total. The van der Waals surface area contributed by atoms with Gasteiger partial charge in [0.15, 0.2) is 18.9 Å². The van der Waals surface area contributed by atoms with Crippen LogP contribution in [0.4, 0.5) is 0 Å². The molecular weight excluding hydrogens is 456 g/mol. The van der Waals surface area contributed by atoms with E-state index in [1.165, 1.54) is 0 Å². The minimum atomic E-state index is -1.84. The van der Waals surface area contributed by atoms with Crippen LogP contribution in [0, 0.1) is 0 Å². The fourth-order valence-corrected chi connectivity index (χ4v) is 3.94. The van der Waals surface area contributed by atoms with Gasteiger partial charge in [0.05, 0.1) is 25.9 Å². The van der Waals surface area contributed by atoms with E-state index in [4.69, 9.17) is 23.7 Å². The summed E-state index contributed by atoms with van der Waals surface area (Å²) in [7, 11) is 0. The van der Waals surface area contributed by atoms with Crippen LogP contribution < -0.4 is 0 Å². The van der Waals surface area contributed by atoms with Gasteiger partial charge in [-0.05, 0) is 0 Å². The highest BCUT2D eigenvalue weighted by Gasteiger charge is 2.49. The van der Waals surface area contributed by atoms with E-state index in [1.54, 1.807) is 0 Å². The number of aliphatic hydroxyl groups is 10. The monoisotopic (exact) mass is 488 g/mol. The normalized spacial score (nSPS) is 51.5. The maximum atomic E-state index is 10.6. The number of hydrogen-bond acceptors (Lipinski definition) is 15. The van der Waals surface area contributed by atoms with Crippen molar-refractivity contribution in [3.63, 3.8) is 0 Å². The van der Waals surface area contributed by atoms with Crippen molar-refractivity contribution < 1.29 is 74.7 Å². The van der Waals surface area contributed by atoms with Crippen LogP contribution >= 0.6 is 0 Å². The van der Waals surface area contributed by atoms with Crippen molar-refractivity contribution in [3.05, 3.63) is 0 Å². The van der Waals surface area contributed by atoms with Crippen LogP contribution in [0.3, 0.4) is 0 Å². The van der Waals surface area contributed by atoms with Gasteiger partial charge in [-0.15, -0.1) is 0 Å². The molecule has 194 valence electrons. The Bertz CT molecular complexity index is 609. The molecule has 15 heteroatoms. The van der Waals surface area contributed by atoms with E-state index in [0.29, 0.717) is 0 Å². The molecule has 0 aromatic rings. The molecule has 3 rings (SSSR count). The minimum absolute atomic E-state index is 0.253. The van der Waals surface area contributed by atoms with Crippen molar-refractivity contribution in [1.29, 1.82) is 0 Å². The first-order valence-corrected chi connectivity index (χ1v) is 10.5. The molecule has 3 aliphatic heterocycles. The summed E-state index contributed by atoms with van der Waals surface area (Å²) < 4.78 is 26.4. The summed E-state index contributed by atoms with van der Waals surface area (Å²) in [5.74, 6) is 0. The summed E-state index contributed by atoms with van der Waals surface area (Å²) in [5.41, 5.74) is 0. The highest BCUT2D eigenvalue weighted by molar-refractivity contribution is 4.93. The van der Waals surface area contributed by atoms with Gasteiger partial charge in [0.25, 0.3) is 0 Å². The average molecular weight is 488 g/mol. The van der Waals surface area contributed by atoms with Crippen LogP contribution in [0.5, 0.6) is 0 Å². The summed E-state index contributed by atoms with van der Waals surface area (Å²) in [5, 5.41) is 98.7. The Labute approximate surface area is 187 Å². The van der Waals surface area contributed by atoms with E-state index in [1.807, 2.05) is 0 Å². The fourth-order valence-electron chi connectivity index (χ4n) is 3.94. The molecule has 0 aromatic heterocycles. The van der Waals surface area contributed by atoms with Gasteiger partial charge in [-0.2, -0.15) is 0 Å². The van der Waals surface area contributed by atoms with Crippen LogP contribution in [0.2, 0.25) is 0 Å². The van der Waals surface area contributed by atoms with Crippen LogP contribution in [0.25, 0.3) is 0 Å². The predicted octanol–water partition coefficient (Wildman–Crippen LogP) is -6.54. The third-order valence-electron chi connectivity index (χ3n) is 5.96. The zero-order chi connectivity index (χ0) is 24.4. The predicted molar refractivity (Wildman–Crippen MR) is 99.9 cm³/mol. The number of rotatable bonds is 7. The molecule has 0 aromatic carbocycles. The summed E-state index contributed by atoms with van der Waals surface area (Å²) >= 11 is 0. The lowest BCUT2D eigenvalue weighted by atomic mass is 9.97. The maximum absolute atomic E-state index is 10.6. The number of hydrogen-bond donors (Lipinski definition) is 10. The highest BCUT2D eigenvalue weighted by Crippen LogP contribution is 2.29. The zero-order valence-electron chi connectivity index (χ0n) is 17.4. The molecule has 0 radical (unpaired) electrons. The Morgan fingerprint density at radius 3 is 1.91 bits per heavy atom. The van der Waals surface area contributed by atoms with Crippen molar-refractivity contribution in [3.8, 4) is 0 Å². The van der Waals surface area contributed by atoms with Gasteiger partial charge >= 0.3 is 0 Å². The van der Waals surface area contributed by atoms with Crippen LogP contribution in [0.15, 0.2) is 0 Å². The summed E-state index contributed by atoms with van der Waals surface area (Å²) in [6.45, 7) is -1.85. The van der Waals surface area contributed by atoms with Gasteiger partial charge < -0.3 is 74.7 Å². The maximum Gasteiger partial charge on any atom is 0.186 e. The zero-order valence-corrected chi connectivity index (χ0v) is 17.4. The van der Waals surface area contributed by atoms with E-state index in [0.717, 1.165) is 0 Å². The smallest absolute Gasteiger partial charge is 0.186 e. The molecule has 0 aliphatic carbocycles. The molecule has 3 saturated heterocycles. The standard InChI is InChI=1S/C18H32O15/c19-2-6-10(22)5(21)1-9(30-6)33-16-12(24)8(31-17(28)15(16)27)4-29-18-14(26)13(25)11(23)7(3-20)32-18/h5-28H,1-4H2/t5-,6-,7-,8-,9-,10+,11-,12-,13+,14+,15+,16+,17-,18+/m1/s1. The topological polar surface area (TPSA) is 248 Å². The first kappa shape index (κ1) is 27.0. The second-order valence-corrected chi connectivity index (χ2v) is 8.26. The summed E-state index contributed by atoms with van der Waals surface area (Å²) in [4.78, 5) is 0. The van der Waals surface area contributed by atoms with Crippen LogP contribution in [-0.4, -0.2) is 157 Å². The van der Waals surface area contributed by atoms with Crippen LogP contribution in [-0.2, 0) is 23.7 Å². The van der Waals surface area contributed by atoms with Crippen molar-refractivity contribution in [2.24, 2.45) is 0 Å². The van der Waals surface area contributed by atoms with Crippen LogP contribution in [0.1, 0.15) is 6.42 Å². The highest BCUT2D eigenvalue weighted by atomic mass is 16.7. The van der Waals surface area contributed by atoms with Crippen molar-refractivity contribution in [2.75, 3.05) is 19.8 Å². The molecule has 14 atom stereocenters. The van der Waals surface area contributed by atoms with Crippen molar-refractivity contribution in [2.45, 2.75) is 92.4 Å². The molecule has 0 saturated carbocycles. The van der Waals surface area contributed by atoms with Gasteiger partial charge in [-0.25, -0.2) is 0 Å². The van der Waals surface area contributed by atoms with Gasteiger partial charge in [-0.1, -0.05) is 0 Å². The number of aliphatic hydroxyl groups excluding tert-OH is 10. The SMILES string of the molecule is OC[C@H]1O[C@H](OC[C@H]2O[C@@H](O)[C@@H](O)[C@@H](O[C@@H]3C[C@@H](O)[C@H](O)[C@@H](CO)O3)[C@@H]2O)[C@@H](O)[C@@H](O)[C@@H]1O. The lowest BCUT2D eigenvalue weighted by Crippen LogP contribution is -2.63. The first-order chi connectivity index (χ1) is 15.6. The molecule has 10 N–H and O–H groups in total. The van der Waals surface area contributed by atoms with E-state index in [-0.39, 0.29) is 6.42 Å². The Morgan fingerprint density at radius 2 is 1.27 bits per heavy atom. The van der Waals surface area contributed by atoms with Gasteiger partial charge in [-0.3, -0.25) is 0 Å². The molecule has 0 spiro atoms.